The molecular weight excluding hydrogens is 330 g/mol. The summed E-state index contributed by atoms with van der Waals surface area (Å²) in [7, 11) is 1.80. The first-order valence-corrected chi connectivity index (χ1v) is 8.64. The molecule has 4 heteroatoms. The van der Waals surface area contributed by atoms with Crippen molar-refractivity contribution in [1.29, 1.82) is 0 Å². The van der Waals surface area contributed by atoms with Gasteiger partial charge in [0.15, 0.2) is 0 Å². The molecule has 1 N–H and O–H groups in total. The SMILES string of the molecule is CCNCc1ccc(COC2CCCC(OC)C2)c(Br)c1. The summed E-state index contributed by atoms with van der Waals surface area (Å²) in [6.45, 7) is 4.69. The van der Waals surface area contributed by atoms with Crippen molar-refractivity contribution >= 4 is 15.9 Å². The average Bonchev–Trinajstić information content (AvgIpc) is 2.52. The Labute approximate surface area is 136 Å². The van der Waals surface area contributed by atoms with E-state index >= 15 is 0 Å². The standard InChI is InChI=1S/C17H26BrNO2/c1-3-19-11-13-7-8-14(17(18)9-13)12-21-16-6-4-5-15(10-16)20-2/h7-9,15-16,19H,3-6,10-12H2,1-2H3. The number of rotatable bonds is 7. The van der Waals surface area contributed by atoms with Crippen molar-refractivity contribution in [3.8, 4) is 0 Å². The highest BCUT2D eigenvalue weighted by molar-refractivity contribution is 9.10. The van der Waals surface area contributed by atoms with Crippen LogP contribution in [0.2, 0.25) is 0 Å². The molecule has 0 saturated heterocycles. The Kier molecular flexibility index (Phi) is 7.17. The van der Waals surface area contributed by atoms with E-state index < -0.39 is 0 Å². The lowest BCUT2D eigenvalue weighted by molar-refractivity contribution is -0.0364. The van der Waals surface area contributed by atoms with E-state index in [0.717, 1.165) is 30.4 Å². The molecule has 1 aromatic rings. The zero-order chi connectivity index (χ0) is 15.1. The Morgan fingerprint density at radius 2 is 2.10 bits per heavy atom. The molecule has 1 aliphatic carbocycles. The predicted octanol–water partition coefficient (Wildman–Crippen LogP) is 4.03. The fourth-order valence-corrected chi connectivity index (χ4v) is 3.30. The van der Waals surface area contributed by atoms with Crippen LogP contribution in [0.5, 0.6) is 0 Å². The molecule has 2 rings (SSSR count). The summed E-state index contributed by atoms with van der Waals surface area (Å²) in [6, 6.07) is 6.51. The first kappa shape index (κ1) is 16.9. The molecule has 1 saturated carbocycles. The summed E-state index contributed by atoms with van der Waals surface area (Å²) < 4.78 is 12.7. The smallest absolute Gasteiger partial charge is 0.0731 e. The van der Waals surface area contributed by atoms with E-state index in [1.807, 2.05) is 0 Å². The van der Waals surface area contributed by atoms with Gasteiger partial charge in [-0.3, -0.25) is 0 Å². The van der Waals surface area contributed by atoms with Gasteiger partial charge in [-0.25, -0.2) is 0 Å². The zero-order valence-corrected chi connectivity index (χ0v) is 14.6. The lowest BCUT2D eigenvalue weighted by Crippen LogP contribution is -2.27. The number of halogens is 1. The molecule has 0 amide bonds. The van der Waals surface area contributed by atoms with Crippen LogP contribution < -0.4 is 5.32 Å². The number of hydrogen-bond acceptors (Lipinski definition) is 3. The molecular formula is C17H26BrNO2. The Bertz CT molecular complexity index is 439. The molecule has 118 valence electrons. The summed E-state index contributed by atoms with van der Waals surface area (Å²) in [5.74, 6) is 0. The number of nitrogens with one attached hydrogen (secondary N) is 1. The van der Waals surface area contributed by atoms with Crippen LogP contribution in [0, 0.1) is 0 Å². The first-order valence-electron chi connectivity index (χ1n) is 7.85. The van der Waals surface area contributed by atoms with Crippen molar-refractivity contribution in [1.82, 2.24) is 5.32 Å². The Morgan fingerprint density at radius 1 is 1.29 bits per heavy atom. The Balaban J connectivity index is 1.85. The van der Waals surface area contributed by atoms with Crippen molar-refractivity contribution in [2.75, 3.05) is 13.7 Å². The number of ether oxygens (including phenoxy) is 2. The molecule has 21 heavy (non-hydrogen) atoms. The van der Waals surface area contributed by atoms with Crippen LogP contribution in [0.25, 0.3) is 0 Å². The molecule has 0 radical (unpaired) electrons. The van der Waals surface area contributed by atoms with E-state index in [1.165, 1.54) is 24.0 Å². The van der Waals surface area contributed by atoms with E-state index in [0.29, 0.717) is 18.8 Å². The summed E-state index contributed by atoms with van der Waals surface area (Å²) in [4.78, 5) is 0. The van der Waals surface area contributed by atoms with E-state index in [1.54, 1.807) is 7.11 Å². The molecule has 2 unspecified atom stereocenters. The van der Waals surface area contributed by atoms with Gasteiger partial charge in [-0.1, -0.05) is 35.0 Å². The maximum atomic E-state index is 6.08. The van der Waals surface area contributed by atoms with Gasteiger partial charge in [0.2, 0.25) is 0 Å². The minimum atomic E-state index is 0.331. The van der Waals surface area contributed by atoms with Crippen molar-refractivity contribution in [3.63, 3.8) is 0 Å². The molecule has 0 aliphatic heterocycles. The van der Waals surface area contributed by atoms with Crippen LogP contribution in [-0.4, -0.2) is 25.9 Å². The molecule has 3 nitrogen and oxygen atoms in total. The molecule has 0 spiro atoms. The van der Waals surface area contributed by atoms with Crippen LogP contribution in [0.1, 0.15) is 43.7 Å². The number of benzene rings is 1. The van der Waals surface area contributed by atoms with Crippen molar-refractivity contribution in [2.24, 2.45) is 0 Å². The van der Waals surface area contributed by atoms with Crippen molar-refractivity contribution in [3.05, 3.63) is 33.8 Å². The average molecular weight is 356 g/mol. The highest BCUT2D eigenvalue weighted by Crippen LogP contribution is 2.26. The topological polar surface area (TPSA) is 30.5 Å². The molecule has 0 heterocycles. The summed E-state index contributed by atoms with van der Waals surface area (Å²) in [5, 5.41) is 3.34. The van der Waals surface area contributed by atoms with Gasteiger partial charge in [0.05, 0.1) is 18.8 Å². The highest BCUT2D eigenvalue weighted by atomic mass is 79.9. The van der Waals surface area contributed by atoms with Crippen LogP contribution in [0.4, 0.5) is 0 Å². The molecule has 1 fully saturated rings. The Hall–Kier alpha value is -0.420. The van der Waals surface area contributed by atoms with Gasteiger partial charge in [-0.15, -0.1) is 0 Å². The summed E-state index contributed by atoms with van der Waals surface area (Å²) in [5.41, 5.74) is 2.51. The molecule has 1 aromatic carbocycles. The third-order valence-electron chi connectivity index (χ3n) is 4.08. The van der Waals surface area contributed by atoms with Crippen LogP contribution >= 0.6 is 15.9 Å². The second-order valence-corrected chi connectivity index (χ2v) is 6.52. The molecule has 0 aromatic heterocycles. The maximum absolute atomic E-state index is 6.08. The summed E-state index contributed by atoms with van der Waals surface area (Å²) >= 11 is 3.66. The predicted molar refractivity (Wildman–Crippen MR) is 89.4 cm³/mol. The third-order valence-corrected chi connectivity index (χ3v) is 4.82. The quantitative estimate of drug-likeness (QED) is 0.800. The van der Waals surface area contributed by atoms with Gasteiger partial charge >= 0.3 is 0 Å². The molecule has 0 bridgehead atoms. The minimum absolute atomic E-state index is 0.331. The van der Waals surface area contributed by atoms with Gasteiger partial charge in [0.1, 0.15) is 0 Å². The third kappa shape index (κ3) is 5.37. The van der Waals surface area contributed by atoms with E-state index in [4.69, 9.17) is 9.47 Å². The van der Waals surface area contributed by atoms with Crippen molar-refractivity contribution in [2.45, 2.75) is 58.0 Å². The van der Waals surface area contributed by atoms with Crippen molar-refractivity contribution < 1.29 is 9.47 Å². The first-order chi connectivity index (χ1) is 10.2. The fraction of sp³-hybridized carbons (Fsp3) is 0.647. The second kappa shape index (κ2) is 8.89. The molecule has 1 aliphatic rings. The number of methoxy groups -OCH3 is 1. The van der Waals surface area contributed by atoms with E-state index in [-0.39, 0.29) is 0 Å². The normalized spacial score (nSPS) is 22.4. The Morgan fingerprint density at radius 3 is 2.81 bits per heavy atom. The highest BCUT2D eigenvalue weighted by Gasteiger charge is 2.22. The van der Waals surface area contributed by atoms with Crippen LogP contribution in [0.3, 0.4) is 0 Å². The largest absolute Gasteiger partial charge is 0.381 e. The summed E-state index contributed by atoms with van der Waals surface area (Å²) in [6.07, 6.45) is 5.24. The fourth-order valence-electron chi connectivity index (χ4n) is 2.76. The van der Waals surface area contributed by atoms with Gasteiger partial charge in [-0.05, 0) is 49.4 Å². The number of hydrogen-bond donors (Lipinski definition) is 1. The lowest BCUT2D eigenvalue weighted by atomic mass is 9.95. The monoisotopic (exact) mass is 355 g/mol. The lowest BCUT2D eigenvalue weighted by Gasteiger charge is -2.28. The van der Waals surface area contributed by atoms with Gasteiger partial charge in [-0.2, -0.15) is 0 Å². The van der Waals surface area contributed by atoms with Crippen LogP contribution in [0.15, 0.2) is 22.7 Å². The van der Waals surface area contributed by atoms with Gasteiger partial charge in [0, 0.05) is 18.1 Å². The second-order valence-electron chi connectivity index (χ2n) is 5.66. The van der Waals surface area contributed by atoms with E-state index in [9.17, 15) is 0 Å². The van der Waals surface area contributed by atoms with Gasteiger partial charge in [0.25, 0.3) is 0 Å². The maximum Gasteiger partial charge on any atom is 0.0731 e. The van der Waals surface area contributed by atoms with Gasteiger partial charge < -0.3 is 14.8 Å². The minimum Gasteiger partial charge on any atom is -0.381 e. The van der Waals surface area contributed by atoms with E-state index in [2.05, 4.69) is 46.4 Å². The van der Waals surface area contributed by atoms with Crippen LogP contribution in [-0.2, 0) is 22.6 Å². The zero-order valence-electron chi connectivity index (χ0n) is 13.0. The molecule has 2 atom stereocenters.